The van der Waals surface area contributed by atoms with Crippen LogP contribution >= 0.6 is 0 Å². The summed E-state index contributed by atoms with van der Waals surface area (Å²) in [5, 5.41) is 2.79. The molecule has 1 aromatic heterocycles. The fourth-order valence-corrected chi connectivity index (χ4v) is 2.48. The van der Waals surface area contributed by atoms with Crippen LogP contribution in [-0.4, -0.2) is 70.6 Å². The molecule has 8 nitrogen and oxygen atoms in total. The van der Waals surface area contributed by atoms with Crippen molar-refractivity contribution in [1.29, 1.82) is 0 Å². The van der Waals surface area contributed by atoms with E-state index in [4.69, 9.17) is 4.74 Å². The summed E-state index contributed by atoms with van der Waals surface area (Å²) in [6.45, 7) is 8.44. The van der Waals surface area contributed by atoms with Gasteiger partial charge in [0.15, 0.2) is 6.10 Å². The number of hydrogen-bond donors (Lipinski definition) is 1. The Kier molecular flexibility index (Phi) is 6.48. The highest BCUT2D eigenvalue weighted by molar-refractivity contribution is 5.82. The van der Waals surface area contributed by atoms with Crippen LogP contribution in [0, 0.1) is 6.92 Å². The van der Waals surface area contributed by atoms with Crippen molar-refractivity contribution >= 4 is 11.9 Å². The lowest BCUT2D eigenvalue weighted by Crippen LogP contribution is -2.54. The number of aryl methyl sites for hydroxylation is 1. The number of hydrogen-bond acceptors (Lipinski definition) is 5. The summed E-state index contributed by atoms with van der Waals surface area (Å²) >= 11 is 0. The van der Waals surface area contributed by atoms with Gasteiger partial charge in [-0.05, 0) is 20.8 Å². The average molecular weight is 335 g/mol. The van der Waals surface area contributed by atoms with E-state index < -0.39 is 6.10 Å². The maximum Gasteiger partial charge on any atom is 0.320 e. The molecule has 1 aliphatic rings. The van der Waals surface area contributed by atoms with E-state index in [1.807, 2.05) is 20.8 Å². The van der Waals surface area contributed by atoms with Crippen LogP contribution in [0.3, 0.4) is 0 Å². The van der Waals surface area contributed by atoms with Gasteiger partial charge < -0.3 is 19.9 Å². The molecule has 0 aromatic carbocycles. The van der Waals surface area contributed by atoms with Crippen LogP contribution in [0.1, 0.15) is 25.2 Å². The van der Waals surface area contributed by atoms with Gasteiger partial charge in [-0.3, -0.25) is 14.8 Å². The second-order valence-electron chi connectivity index (χ2n) is 5.63. The number of urea groups is 1. The molecule has 132 valence electrons. The Hall–Kier alpha value is -2.22. The molecule has 0 spiro atoms. The van der Waals surface area contributed by atoms with Crippen molar-refractivity contribution < 1.29 is 14.3 Å². The molecule has 1 N–H and O–H groups in total. The highest BCUT2D eigenvalue weighted by atomic mass is 16.5. The van der Waals surface area contributed by atoms with Crippen LogP contribution in [0.4, 0.5) is 4.79 Å². The van der Waals surface area contributed by atoms with Gasteiger partial charge in [-0.1, -0.05) is 0 Å². The number of rotatable bonds is 5. The third kappa shape index (κ3) is 4.64. The molecule has 0 radical (unpaired) electrons. The summed E-state index contributed by atoms with van der Waals surface area (Å²) in [6.07, 6.45) is 2.63. The average Bonchev–Trinajstić information content (AvgIpc) is 2.62. The molecule has 8 heteroatoms. The lowest BCUT2D eigenvalue weighted by Gasteiger charge is -2.35. The number of nitrogens with one attached hydrogen (secondary N) is 1. The van der Waals surface area contributed by atoms with Crippen LogP contribution in [-0.2, 0) is 16.1 Å². The van der Waals surface area contributed by atoms with Crippen LogP contribution in [0.5, 0.6) is 0 Å². The Morgan fingerprint density at radius 2 is 2.08 bits per heavy atom. The molecular weight excluding hydrogens is 310 g/mol. The second-order valence-corrected chi connectivity index (χ2v) is 5.63. The van der Waals surface area contributed by atoms with Crippen molar-refractivity contribution in [2.45, 2.75) is 33.4 Å². The second kappa shape index (κ2) is 8.58. The molecule has 1 saturated heterocycles. The van der Waals surface area contributed by atoms with Crippen molar-refractivity contribution in [3.63, 3.8) is 0 Å². The van der Waals surface area contributed by atoms with Crippen molar-refractivity contribution in [3.05, 3.63) is 23.8 Å². The molecule has 2 heterocycles. The highest BCUT2D eigenvalue weighted by Gasteiger charge is 2.30. The van der Waals surface area contributed by atoms with E-state index in [0.717, 1.165) is 5.69 Å². The highest BCUT2D eigenvalue weighted by Crippen LogP contribution is 2.09. The largest absolute Gasteiger partial charge is 0.365 e. The first-order valence-electron chi connectivity index (χ1n) is 8.25. The summed E-state index contributed by atoms with van der Waals surface area (Å²) in [4.78, 5) is 36.4. The fourth-order valence-electron chi connectivity index (χ4n) is 2.48. The van der Waals surface area contributed by atoms with Crippen molar-refractivity contribution in [3.8, 4) is 0 Å². The number of nitrogens with zero attached hydrogens (tertiary/aromatic N) is 4. The summed E-state index contributed by atoms with van der Waals surface area (Å²) in [7, 11) is 0. The van der Waals surface area contributed by atoms with Gasteiger partial charge >= 0.3 is 6.03 Å². The Bertz CT molecular complexity index is 559. The predicted octanol–water partition coefficient (Wildman–Crippen LogP) is 0.564. The molecule has 1 aliphatic heterocycles. The van der Waals surface area contributed by atoms with Crippen LogP contribution < -0.4 is 5.32 Å². The van der Waals surface area contributed by atoms with Crippen molar-refractivity contribution in [2.24, 2.45) is 0 Å². The third-order valence-electron chi connectivity index (χ3n) is 3.94. The molecule has 1 unspecified atom stereocenters. The van der Waals surface area contributed by atoms with Gasteiger partial charge in [0.05, 0.1) is 37.3 Å². The molecule has 1 fully saturated rings. The Balaban J connectivity index is 1.87. The maximum absolute atomic E-state index is 12.4. The molecule has 2 rings (SSSR count). The quantitative estimate of drug-likeness (QED) is 0.850. The minimum atomic E-state index is -0.656. The minimum absolute atomic E-state index is 0.0505. The molecule has 1 aromatic rings. The number of aromatic nitrogens is 2. The SMILES string of the molecule is CCN(CC)C(=O)N1CCOC(C(=O)NCc2cnc(C)cn2)C1. The maximum atomic E-state index is 12.4. The predicted molar refractivity (Wildman–Crippen MR) is 88.2 cm³/mol. The zero-order valence-electron chi connectivity index (χ0n) is 14.5. The van der Waals surface area contributed by atoms with E-state index in [2.05, 4.69) is 15.3 Å². The Labute approximate surface area is 142 Å². The molecular formula is C16H25N5O3. The fraction of sp³-hybridized carbons (Fsp3) is 0.625. The Morgan fingerprint density at radius 1 is 1.33 bits per heavy atom. The van der Waals surface area contributed by atoms with E-state index >= 15 is 0 Å². The van der Waals surface area contributed by atoms with Gasteiger partial charge in [0, 0.05) is 25.8 Å². The van der Waals surface area contributed by atoms with Gasteiger partial charge in [0.1, 0.15) is 0 Å². The molecule has 1 atom stereocenters. The number of carbonyl (C=O) groups excluding carboxylic acids is 2. The van der Waals surface area contributed by atoms with E-state index in [-0.39, 0.29) is 25.0 Å². The van der Waals surface area contributed by atoms with Crippen LogP contribution in [0.2, 0.25) is 0 Å². The zero-order valence-corrected chi connectivity index (χ0v) is 14.5. The van der Waals surface area contributed by atoms with Gasteiger partial charge in [0.2, 0.25) is 0 Å². The first-order valence-corrected chi connectivity index (χ1v) is 8.25. The van der Waals surface area contributed by atoms with Crippen LogP contribution in [0.15, 0.2) is 12.4 Å². The smallest absolute Gasteiger partial charge is 0.320 e. The normalized spacial score (nSPS) is 17.5. The van der Waals surface area contributed by atoms with Crippen LogP contribution in [0.25, 0.3) is 0 Å². The summed E-state index contributed by atoms with van der Waals surface area (Å²) in [5.41, 5.74) is 1.51. The van der Waals surface area contributed by atoms with E-state index in [9.17, 15) is 9.59 Å². The standard InChI is InChI=1S/C16H25N5O3/c1-4-20(5-2)16(23)21-6-7-24-14(11-21)15(22)19-10-13-9-17-12(3)8-18-13/h8-9,14H,4-7,10-11H2,1-3H3,(H,19,22). The van der Waals surface area contributed by atoms with Gasteiger partial charge in [0.25, 0.3) is 5.91 Å². The van der Waals surface area contributed by atoms with E-state index in [1.54, 1.807) is 22.2 Å². The van der Waals surface area contributed by atoms with E-state index in [1.165, 1.54) is 0 Å². The summed E-state index contributed by atoms with van der Waals surface area (Å²) in [5.74, 6) is -0.241. The number of amides is 3. The van der Waals surface area contributed by atoms with Crippen molar-refractivity contribution in [2.75, 3.05) is 32.8 Å². The summed E-state index contributed by atoms with van der Waals surface area (Å²) < 4.78 is 5.51. The lowest BCUT2D eigenvalue weighted by molar-refractivity contribution is -0.137. The minimum Gasteiger partial charge on any atom is -0.365 e. The van der Waals surface area contributed by atoms with Gasteiger partial charge in [-0.2, -0.15) is 0 Å². The monoisotopic (exact) mass is 335 g/mol. The number of carbonyl (C=O) groups is 2. The zero-order chi connectivity index (χ0) is 17.5. The molecule has 24 heavy (non-hydrogen) atoms. The van der Waals surface area contributed by atoms with Gasteiger partial charge in [-0.25, -0.2) is 4.79 Å². The lowest BCUT2D eigenvalue weighted by atomic mass is 10.2. The topological polar surface area (TPSA) is 87.7 Å². The number of ether oxygens (including phenoxy) is 1. The molecule has 0 bridgehead atoms. The Morgan fingerprint density at radius 3 is 2.71 bits per heavy atom. The first-order chi connectivity index (χ1) is 11.5. The van der Waals surface area contributed by atoms with E-state index in [0.29, 0.717) is 31.9 Å². The first kappa shape index (κ1) is 18.1. The molecule has 0 saturated carbocycles. The van der Waals surface area contributed by atoms with Crippen molar-refractivity contribution in [1.82, 2.24) is 25.1 Å². The summed E-state index contributed by atoms with van der Waals surface area (Å²) in [6, 6.07) is -0.0505. The van der Waals surface area contributed by atoms with Gasteiger partial charge in [-0.15, -0.1) is 0 Å². The molecule has 0 aliphatic carbocycles. The molecule has 3 amide bonds. The third-order valence-corrected chi connectivity index (χ3v) is 3.94. The number of morpholine rings is 1.